The van der Waals surface area contributed by atoms with Crippen LogP contribution in [0, 0.1) is 0 Å². The van der Waals surface area contributed by atoms with Crippen molar-refractivity contribution < 1.29 is 5.11 Å². The second-order valence-corrected chi connectivity index (χ2v) is 5.58. The minimum absolute atomic E-state index is 0.374. The van der Waals surface area contributed by atoms with Gasteiger partial charge in [-0.15, -0.1) is 0 Å². The number of hydrogen-bond acceptors (Lipinski definition) is 3. The monoisotopic (exact) mass is 291 g/mol. The Morgan fingerprint density at radius 1 is 1.40 bits per heavy atom. The van der Waals surface area contributed by atoms with Crippen LogP contribution in [0.4, 0.5) is 5.69 Å². The highest BCUT2D eigenvalue weighted by Gasteiger charge is 2.22. The van der Waals surface area contributed by atoms with E-state index in [2.05, 4.69) is 16.0 Å². The maximum atomic E-state index is 10.2. The maximum Gasteiger partial charge on any atom is 0.129 e. The van der Waals surface area contributed by atoms with Crippen LogP contribution in [0.15, 0.2) is 30.5 Å². The van der Waals surface area contributed by atoms with Gasteiger partial charge in [-0.2, -0.15) is 0 Å². The van der Waals surface area contributed by atoms with Crippen molar-refractivity contribution >= 4 is 17.3 Å². The number of nitrogens with zero attached hydrogens (tertiary/aromatic N) is 3. The molecular weight excluding hydrogens is 274 g/mol. The fraction of sp³-hybridized carbons (Fsp3) is 0.400. The predicted molar refractivity (Wildman–Crippen MR) is 79.9 cm³/mol. The van der Waals surface area contributed by atoms with E-state index in [1.54, 1.807) is 6.20 Å². The number of fused-ring (bicyclic) bond motifs is 1. The average molecular weight is 292 g/mol. The van der Waals surface area contributed by atoms with E-state index < -0.39 is 0 Å². The highest BCUT2D eigenvalue weighted by Crippen LogP contribution is 2.33. The van der Waals surface area contributed by atoms with Crippen molar-refractivity contribution in [2.24, 2.45) is 7.05 Å². The molecule has 1 aromatic carbocycles. The van der Waals surface area contributed by atoms with Crippen LogP contribution in [0.5, 0.6) is 0 Å². The van der Waals surface area contributed by atoms with E-state index in [1.807, 2.05) is 29.8 Å². The van der Waals surface area contributed by atoms with Gasteiger partial charge in [-0.3, -0.25) is 0 Å². The number of aromatic nitrogens is 2. The van der Waals surface area contributed by atoms with Gasteiger partial charge in [0.15, 0.2) is 0 Å². The first-order chi connectivity index (χ1) is 9.66. The Balaban J connectivity index is 1.93. The van der Waals surface area contributed by atoms with Gasteiger partial charge in [0.1, 0.15) is 11.0 Å². The molecular formula is C15H18ClN3O. The Bertz CT molecular complexity index is 611. The SMILES string of the molecule is Cn1c(Cl)cnc1CN1CCCC(O)c2ccccc21. The summed E-state index contributed by atoms with van der Waals surface area (Å²) in [6, 6.07) is 8.05. The molecule has 106 valence electrons. The van der Waals surface area contributed by atoms with Crippen LogP contribution in [-0.4, -0.2) is 21.2 Å². The van der Waals surface area contributed by atoms with Gasteiger partial charge in [0.05, 0.1) is 18.8 Å². The van der Waals surface area contributed by atoms with E-state index in [0.29, 0.717) is 11.7 Å². The topological polar surface area (TPSA) is 41.3 Å². The molecule has 5 heteroatoms. The summed E-state index contributed by atoms with van der Waals surface area (Å²) in [6.45, 7) is 1.62. The number of imidazole rings is 1. The van der Waals surface area contributed by atoms with Crippen LogP contribution in [0.2, 0.25) is 5.15 Å². The first-order valence-electron chi connectivity index (χ1n) is 6.85. The van der Waals surface area contributed by atoms with Gasteiger partial charge in [0.2, 0.25) is 0 Å². The van der Waals surface area contributed by atoms with Gasteiger partial charge >= 0.3 is 0 Å². The molecule has 0 radical (unpaired) electrons. The Kier molecular flexibility index (Phi) is 3.68. The molecule has 3 rings (SSSR count). The first-order valence-corrected chi connectivity index (χ1v) is 7.22. The number of rotatable bonds is 2. The van der Waals surface area contributed by atoms with Crippen LogP contribution < -0.4 is 4.90 Å². The Hall–Kier alpha value is -1.52. The third-order valence-corrected chi connectivity index (χ3v) is 4.25. The lowest BCUT2D eigenvalue weighted by molar-refractivity contribution is 0.168. The predicted octanol–water partition coefficient (Wildman–Crippen LogP) is 2.91. The normalized spacial score (nSPS) is 18.8. The second kappa shape index (κ2) is 5.46. The summed E-state index contributed by atoms with van der Waals surface area (Å²) in [5, 5.41) is 10.9. The lowest BCUT2D eigenvalue weighted by atomic mass is 10.0. The summed E-state index contributed by atoms with van der Waals surface area (Å²) in [7, 11) is 1.92. The number of anilines is 1. The van der Waals surface area contributed by atoms with Crippen LogP contribution in [0.25, 0.3) is 0 Å². The van der Waals surface area contributed by atoms with E-state index in [0.717, 1.165) is 36.5 Å². The number of para-hydroxylation sites is 1. The molecule has 1 aliphatic rings. The van der Waals surface area contributed by atoms with Crippen molar-refractivity contribution in [2.45, 2.75) is 25.5 Å². The summed E-state index contributed by atoms with van der Waals surface area (Å²) in [5.74, 6) is 0.932. The molecule has 1 N–H and O–H groups in total. The molecule has 20 heavy (non-hydrogen) atoms. The van der Waals surface area contributed by atoms with Crippen molar-refractivity contribution in [3.05, 3.63) is 47.0 Å². The zero-order chi connectivity index (χ0) is 14.1. The molecule has 1 aromatic heterocycles. The molecule has 0 aliphatic carbocycles. The molecule has 2 heterocycles. The molecule has 0 bridgehead atoms. The molecule has 1 unspecified atom stereocenters. The van der Waals surface area contributed by atoms with Crippen molar-refractivity contribution in [3.8, 4) is 0 Å². The van der Waals surface area contributed by atoms with Crippen molar-refractivity contribution in [1.29, 1.82) is 0 Å². The molecule has 0 spiro atoms. The number of aliphatic hydroxyl groups excluding tert-OH is 1. The van der Waals surface area contributed by atoms with Crippen molar-refractivity contribution in [2.75, 3.05) is 11.4 Å². The molecule has 4 nitrogen and oxygen atoms in total. The number of halogens is 1. The number of aliphatic hydroxyl groups is 1. The highest BCUT2D eigenvalue weighted by molar-refractivity contribution is 6.29. The van der Waals surface area contributed by atoms with E-state index in [9.17, 15) is 5.11 Å². The molecule has 0 saturated heterocycles. The van der Waals surface area contributed by atoms with Gasteiger partial charge in [-0.25, -0.2) is 4.98 Å². The van der Waals surface area contributed by atoms with Crippen LogP contribution in [0.3, 0.4) is 0 Å². The lowest BCUT2D eigenvalue weighted by Crippen LogP contribution is -2.25. The van der Waals surface area contributed by atoms with Gasteiger partial charge in [-0.1, -0.05) is 29.8 Å². The third kappa shape index (κ3) is 2.41. The maximum absolute atomic E-state index is 10.2. The molecule has 0 fully saturated rings. The van der Waals surface area contributed by atoms with Crippen molar-refractivity contribution in [1.82, 2.24) is 9.55 Å². The smallest absolute Gasteiger partial charge is 0.129 e. The zero-order valence-electron chi connectivity index (χ0n) is 11.5. The Morgan fingerprint density at radius 2 is 2.20 bits per heavy atom. The van der Waals surface area contributed by atoms with Gasteiger partial charge in [0, 0.05) is 24.8 Å². The van der Waals surface area contributed by atoms with E-state index in [4.69, 9.17) is 11.6 Å². The summed E-state index contributed by atoms with van der Waals surface area (Å²) < 4.78 is 1.89. The van der Waals surface area contributed by atoms with Gasteiger partial charge in [0.25, 0.3) is 0 Å². The van der Waals surface area contributed by atoms with Crippen LogP contribution in [-0.2, 0) is 13.6 Å². The molecule has 0 amide bonds. The zero-order valence-corrected chi connectivity index (χ0v) is 12.2. The van der Waals surface area contributed by atoms with Crippen LogP contribution in [0.1, 0.15) is 30.3 Å². The van der Waals surface area contributed by atoms with E-state index in [1.165, 1.54) is 0 Å². The minimum atomic E-state index is -0.374. The van der Waals surface area contributed by atoms with E-state index in [-0.39, 0.29) is 6.10 Å². The quantitative estimate of drug-likeness (QED) is 0.925. The van der Waals surface area contributed by atoms with Gasteiger partial charge < -0.3 is 14.6 Å². The van der Waals surface area contributed by atoms with E-state index >= 15 is 0 Å². The van der Waals surface area contributed by atoms with Crippen molar-refractivity contribution in [3.63, 3.8) is 0 Å². The lowest BCUT2D eigenvalue weighted by Gasteiger charge is -2.24. The fourth-order valence-corrected chi connectivity index (χ4v) is 2.86. The second-order valence-electron chi connectivity index (χ2n) is 5.19. The molecule has 1 atom stereocenters. The summed E-state index contributed by atoms with van der Waals surface area (Å²) >= 11 is 6.04. The minimum Gasteiger partial charge on any atom is -0.388 e. The van der Waals surface area contributed by atoms with Crippen LogP contribution >= 0.6 is 11.6 Å². The Morgan fingerprint density at radius 3 is 2.95 bits per heavy atom. The fourth-order valence-electron chi connectivity index (χ4n) is 2.71. The molecule has 2 aromatic rings. The first kappa shape index (κ1) is 13.5. The summed E-state index contributed by atoms with van der Waals surface area (Å²) in [5.41, 5.74) is 2.10. The summed E-state index contributed by atoms with van der Waals surface area (Å²) in [6.07, 6.45) is 3.07. The number of hydrogen-bond donors (Lipinski definition) is 1. The largest absolute Gasteiger partial charge is 0.388 e. The standard InChI is InChI=1S/C15H18ClN3O/c1-18-14(16)9-17-15(18)10-19-8-4-7-13(20)11-5-2-3-6-12(11)19/h2-3,5-6,9,13,20H,4,7-8,10H2,1H3. The average Bonchev–Trinajstić information content (AvgIpc) is 2.69. The van der Waals surface area contributed by atoms with Gasteiger partial charge in [-0.05, 0) is 18.9 Å². The number of benzene rings is 1. The molecule has 0 saturated carbocycles. The highest BCUT2D eigenvalue weighted by atomic mass is 35.5. The third-order valence-electron chi connectivity index (χ3n) is 3.90. The summed E-state index contributed by atoms with van der Waals surface area (Å²) in [4.78, 5) is 6.63. The Labute approximate surface area is 123 Å². The molecule has 1 aliphatic heterocycles.